The third-order valence-electron chi connectivity index (χ3n) is 4.25. The number of guanidine groups is 1. The number of hydrogen-bond acceptors (Lipinski definition) is 4. The molecule has 0 aliphatic carbocycles. The topological polar surface area (TPSA) is 64.1 Å². The van der Waals surface area contributed by atoms with Crippen LogP contribution in [0.4, 0.5) is 0 Å². The molecule has 166 valence electrons. The maximum absolute atomic E-state index is 5.86. The van der Waals surface area contributed by atoms with E-state index in [0.717, 1.165) is 17.1 Å². The zero-order valence-electron chi connectivity index (χ0n) is 18.7. The molecular formula is C23H34IN3O3. The molecule has 0 radical (unpaired) electrons. The number of ether oxygens (including phenoxy) is 3. The maximum atomic E-state index is 5.86. The minimum atomic E-state index is -0.148. The van der Waals surface area contributed by atoms with Gasteiger partial charge in [0.05, 0.1) is 26.4 Å². The standard InChI is InChI=1S/C23H33N3O3.HI/c1-23(2,3)29-16-19-9-7-8-17(12-19)14-25-22(24-4)26-15-18-10-11-20(27-5)21(13-18)28-6;/h7-13H,14-16H2,1-6H3,(H2,24,25,26);1H. The van der Waals surface area contributed by atoms with Crippen LogP contribution in [0.15, 0.2) is 47.5 Å². The molecule has 0 unspecified atom stereocenters. The highest BCUT2D eigenvalue weighted by Crippen LogP contribution is 2.27. The fourth-order valence-corrected chi connectivity index (χ4v) is 2.71. The van der Waals surface area contributed by atoms with Gasteiger partial charge in [-0.05, 0) is 49.6 Å². The highest BCUT2D eigenvalue weighted by molar-refractivity contribution is 14.0. The summed E-state index contributed by atoms with van der Waals surface area (Å²) in [4.78, 5) is 4.30. The highest BCUT2D eigenvalue weighted by atomic mass is 127. The molecular weight excluding hydrogens is 493 g/mol. The Morgan fingerprint density at radius 3 is 2.03 bits per heavy atom. The van der Waals surface area contributed by atoms with Gasteiger partial charge in [-0.2, -0.15) is 0 Å². The van der Waals surface area contributed by atoms with Crippen LogP contribution in [-0.2, 0) is 24.4 Å². The van der Waals surface area contributed by atoms with E-state index >= 15 is 0 Å². The van der Waals surface area contributed by atoms with Crippen molar-refractivity contribution in [3.05, 3.63) is 59.2 Å². The maximum Gasteiger partial charge on any atom is 0.191 e. The van der Waals surface area contributed by atoms with Gasteiger partial charge in [0.1, 0.15) is 0 Å². The third kappa shape index (κ3) is 8.79. The van der Waals surface area contributed by atoms with Crippen LogP contribution in [0, 0.1) is 0 Å². The highest BCUT2D eigenvalue weighted by Gasteiger charge is 2.10. The first-order chi connectivity index (χ1) is 13.8. The van der Waals surface area contributed by atoms with E-state index in [1.807, 2.05) is 18.2 Å². The van der Waals surface area contributed by atoms with Crippen LogP contribution in [0.1, 0.15) is 37.5 Å². The van der Waals surface area contributed by atoms with Crippen molar-refractivity contribution in [2.75, 3.05) is 21.3 Å². The SMILES string of the molecule is CN=C(NCc1cccc(COC(C)(C)C)c1)NCc1ccc(OC)c(OC)c1.I. The van der Waals surface area contributed by atoms with E-state index in [1.54, 1.807) is 21.3 Å². The van der Waals surface area contributed by atoms with Crippen LogP contribution in [0.2, 0.25) is 0 Å². The van der Waals surface area contributed by atoms with E-state index in [2.05, 4.69) is 60.7 Å². The number of aliphatic imine (C=N–C) groups is 1. The minimum Gasteiger partial charge on any atom is -0.493 e. The lowest BCUT2D eigenvalue weighted by atomic mass is 10.1. The molecule has 2 N–H and O–H groups in total. The van der Waals surface area contributed by atoms with Gasteiger partial charge in [0, 0.05) is 20.1 Å². The van der Waals surface area contributed by atoms with Gasteiger partial charge < -0.3 is 24.8 Å². The average molecular weight is 527 g/mol. The van der Waals surface area contributed by atoms with Crippen molar-refractivity contribution in [3.8, 4) is 11.5 Å². The molecule has 6 nitrogen and oxygen atoms in total. The molecule has 0 fully saturated rings. The van der Waals surface area contributed by atoms with Crippen molar-refractivity contribution in [2.24, 2.45) is 4.99 Å². The lowest BCUT2D eigenvalue weighted by Crippen LogP contribution is -2.36. The lowest BCUT2D eigenvalue weighted by Gasteiger charge is -2.19. The summed E-state index contributed by atoms with van der Waals surface area (Å²) in [6, 6.07) is 14.2. The molecule has 2 rings (SSSR count). The van der Waals surface area contributed by atoms with E-state index in [0.29, 0.717) is 31.2 Å². The van der Waals surface area contributed by atoms with E-state index in [1.165, 1.54) is 5.56 Å². The van der Waals surface area contributed by atoms with Crippen LogP contribution >= 0.6 is 24.0 Å². The molecule has 0 aromatic heterocycles. The van der Waals surface area contributed by atoms with Crippen molar-refractivity contribution >= 4 is 29.9 Å². The van der Waals surface area contributed by atoms with E-state index < -0.39 is 0 Å². The Bertz CT molecular complexity index is 820. The first-order valence-corrected chi connectivity index (χ1v) is 9.72. The molecule has 30 heavy (non-hydrogen) atoms. The Morgan fingerprint density at radius 2 is 1.47 bits per heavy atom. The number of halogens is 1. The number of methoxy groups -OCH3 is 2. The second kappa shape index (κ2) is 12.6. The van der Waals surface area contributed by atoms with Crippen molar-refractivity contribution in [3.63, 3.8) is 0 Å². The summed E-state index contributed by atoms with van der Waals surface area (Å²) in [7, 11) is 5.03. The van der Waals surface area contributed by atoms with Crippen molar-refractivity contribution in [1.29, 1.82) is 0 Å². The fraction of sp³-hybridized carbons (Fsp3) is 0.435. The Kier molecular flexibility index (Phi) is 11.0. The molecule has 0 aliphatic heterocycles. The first kappa shape index (κ1) is 26.0. The van der Waals surface area contributed by atoms with Gasteiger partial charge in [-0.3, -0.25) is 4.99 Å². The summed E-state index contributed by atoms with van der Waals surface area (Å²) in [5.41, 5.74) is 3.26. The average Bonchev–Trinajstić information content (AvgIpc) is 2.72. The summed E-state index contributed by atoms with van der Waals surface area (Å²) in [6.45, 7) is 8.09. The molecule has 2 aromatic carbocycles. The van der Waals surface area contributed by atoms with Crippen LogP contribution in [-0.4, -0.2) is 32.8 Å². The van der Waals surface area contributed by atoms with Crippen LogP contribution in [0.5, 0.6) is 11.5 Å². The molecule has 0 atom stereocenters. The molecule has 0 amide bonds. The van der Waals surface area contributed by atoms with Gasteiger partial charge in [0.2, 0.25) is 0 Å². The monoisotopic (exact) mass is 527 g/mol. The van der Waals surface area contributed by atoms with E-state index in [4.69, 9.17) is 14.2 Å². The van der Waals surface area contributed by atoms with Crippen molar-refractivity contribution in [2.45, 2.75) is 46.1 Å². The Morgan fingerprint density at radius 1 is 0.867 bits per heavy atom. The molecule has 0 heterocycles. The molecule has 0 bridgehead atoms. The Labute approximate surface area is 197 Å². The first-order valence-electron chi connectivity index (χ1n) is 9.72. The fourth-order valence-electron chi connectivity index (χ4n) is 2.71. The zero-order chi connectivity index (χ0) is 21.3. The van der Waals surface area contributed by atoms with Gasteiger partial charge in [-0.15, -0.1) is 24.0 Å². The molecule has 0 saturated carbocycles. The molecule has 7 heteroatoms. The van der Waals surface area contributed by atoms with Crippen molar-refractivity contribution < 1.29 is 14.2 Å². The quantitative estimate of drug-likeness (QED) is 0.301. The number of nitrogens with zero attached hydrogens (tertiary/aromatic N) is 1. The minimum absolute atomic E-state index is 0. The zero-order valence-corrected chi connectivity index (χ0v) is 21.1. The summed E-state index contributed by atoms with van der Waals surface area (Å²) >= 11 is 0. The van der Waals surface area contributed by atoms with Gasteiger partial charge in [0.25, 0.3) is 0 Å². The number of benzene rings is 2. The number of nitrogens with one attached hydrogen (secondary N) is 2. The summed E-state index contributed by atoms with van der Waals surface area (Å²) in [5.74, 6) is 2.16. The second-order valence-electron chi connectivity index (χ2n) is 7.69. The number of rotatable bonds is 8. The van der Waals surface area contributed by atoms with Crippen molar-refractivity contribution in [1.82, 2.24) is 10.6 Å². The molecule has 0 spiro atoms. The second-order valence-corrected chi connectivity index (χ2v) is 7.69. The Hall–Kier alpha value is -2.00. The predicted molar refractivity (Wildman–Crippen MR) is 133 cm³/mol. The normalized spacial score (nSPS) is 11.5. The third-order valence-corrected chi connectivity index (χ3v) is 4.25. The van der Waals surface area contributed by atoms with E-state index in [9.17, 15) is 0 Å². The van der Waals surface area contributed by atoms with Crippen LogP contribution in [0.25, 0.3) is 0 Å². The van der Waals surface area contributed by atoms with Gasteiger partial charge in [0.15, 0.2) is 17.5 Å². The van der Waals surface area contributed by atoms with Crippen LogP contribution < -0.4 is 20.1 Å². The van der Waals surface area contributed by atoms with Gasteiger partial charge in [-0.1, -0.05) is 30.3 Å². The summed E-state index contributed by atoms with van der Waals surface area (Å²) in [6.07, 6.45) is 0. The molecule has 0 saturated heterocycles. The smallest absolute Gasteiger partial charge is 0.191 e. The lowest BCUT2D eigenvalue weighted by molar-refractivity contribution is -0.0149. The van der Waals surface area contributed by atoms with Crippen LogP contribution in [0.3, 0.4) is 0 Å². The van der Waals surface area contributed by atoms with E-state index in [-0.39, 0.29) is 29.6 Å². The summed E-state index contributed by atoms with van der Waals surface area (Å²) < 4.78 is 16.5. The molecule has 2 aromatic rings. The number of hydrogen-bond donors (Lipinski definition) is 2. The van der Waals surface area contributed by atoms with Gasteiger partial charge >= 0.3 is 0 Å². The van der Waals surface area contributed by atoms with Gasteiger partial charge in [-0.25, -0.2) is 0 Å². The summed E-state index contributed by atoms with van der Waals surface area (Å²) in [5, 5.41) is 6.67. The largest absolute Gasteiger partial charge is 0.493 e. The predicted octanol–water partition coefficient (Wildman–Crippen LogP) is 4.50. The Balaban J connectivity index is 0.00000450. The molecule has 0 aliphatic rings.